The fourth-order valence-corrected chi connectivity index (χ4v) is 7.03. The van der Waals surface area contributed by atoms with Crippen molar-refractivity contribution in [3.63, 3.8) is 0 Å². The van der Waals surface area contributed by atoms with E-state index < -0.39 is 27.4 Å². The van der Waals surface area contributed by atoms with Crippen molar-refractivity contribution in [1.29, 1.82) is 0 Å². The Labute approximate surface area is 229 Å². The molecule has 206 valence electrons. The van der Waals surface area contributed by atoms with E-state index in [1.807, 2.05) is 35.9 Å². The van der Waals surface area contributed by atoms with Crippen LogP contribution in [0.1, 0.15) is 72.9 Å². The fourth-order valence-electron chi connectivity index (χ4n) is 5.69. The summed E-state index contributed by atoms with van der Waals surface area (Å²) >= 11 is 0. The number of nitrogens with one attached hydrogen (secondary N) is 1. The van der Waals surface area contributed by atoms with E-state index in [-0.39, 0.29) is 23.8 Å². The normalized spacial score (nSPS) is 20.4. The van der Waals surface area contributed by atoms with E-state index in [0.717, 1.165) is 35.2 Å². The smallest absolute Gasteiger partial charge is 0.235 e. The number of carbonyl (C=O) groups is 1. The molecule has 39 heavy (non-hydrogen) atoms. The highest BCUT2D eigenvalue weighted by Gasteiger charge is 2.33. The summed E-state index contributed by atoms with van der Waals surface area (Å²) in [6.45, 7) is 5.85. The number of phenols is 1. The molecular formula is C30H34N2O6S. The Morgan fingerprint density at radius 2 is 1.90 bits per heavy atom. The molecule has 3 aromatic rings. The Bertz CT molecular complexity index is 1530. The molecule has 9 heteroatoms. The highest BCUT2D eigenvalue weighted by atomic mass is 32.2. The number of nitrogens with zero attached hydrogens (tertiary/aromatic N) is 1. The Morgan fingerprint density at radius 1 is 1.10 bits per heavy atom. The van der Waals surface area contributed by atoms with Gasteiger partial charge in [0.25, 0.3) is 0 Å². The van der Waals surface area contributed by atoms with Gasteiger partial charge < -0.3 is 14.9 Å². The second-order valence-corrected chi connectivity index (χ2v) is 13.0. The second kappa shape index (κ2) is 10.3. The number of amides is 1. The van der Waals surface area contributed by atoms with Gasteiger partial charge >= 0.3 is 0 Å². The summed E-state index contributed by atoms with van der Waals surface area (Å²) in [5, 5.41) is 20.8. The van der Waals surface area contributed by atoms with Gasteiger partial charge in [0.2, 0.25) is 21.8 Å². The second-order valence-electron chi connectivity index (χ2n) is 11.2. The minimum atomic E-state index is -3.69. The highest BCUT2D eigenvalue weighted by Crippen LogP contribution is 2.44. The van der Waals surface area contributed by atoms with Gasteiger partial charge in [-0.15, -0.1) is 0 Å². The molecule has 0 saturated carbocycles. The molecule has 0 bridgehead atoms. The first kappa shape index (κ1) is 27.1. The summed E-state index contributed by atoms with van der Waals surface area (Å²) in [5.74, 6) is -0.700. The van der Waals surface area contributed by atoms with E-state index >= 15 is 0 Å². The summed E-state index contributed by atoms with van der Waals surface area (Å²) < 4.78 is 31.8. The molecule has 2 aromatic carbocycles. The van der Waals surface area contributed by atoms with Crippen molar-refractivity contribution in [2.24, 2.45) is 0 Å². The van der Waals surface area contributed by atoms with Crippen LogP contribution in [-0.2, 0) is 21.2 Å². The first-order valence-electron chi connectivity index (χ1n) is 13.2. The topological polar surface area (TPSA) is 126 Å². The van der Waals surface area contributed by atoms with Gasteiger partial charge in [-0.1, -0.05) is 30.3 Å². The largest absolute Gasteiger partial charge is 0.508 e. The maximum absolute atomic E-state index is 12.0. The maximum Gasteiger partial charge on any atom is 0.235 e. The summed E-state index contributed by atoms with van der Waals surface area (Å²) in [6.07, 6.45) is 2.30. The molecule has 3 N–H and O–H groups in total. The van der Waals surface area contributed by atoms with Gasteiger partial charge in [-0.05, 0) is 73.6 Å². The van der Waals surface area contributed by atoms with Gasteiger partial charge in [0.1, 0.15) is 5.75 Å². The number of rotatable bonds is 7. The summed E-state index contributed by atoms with van der Waals surface area (Å²) in [6, 6.07) is 15.6. The van der Waals surface area contributed by atoms with Crippen molar-refractivity contribution in [3.8, 4) is 22.8 Å². The van der Waals surface area contributed by atoms with Gasteiger partial charge in [-0.3, -0.25) is 9.52 Å². The first-order valence-corrected chi connectivity index (χ1v) is 14.9. The van der Waals surface area contributed by atoms with Gasteiger partial charge in [0.05, 0.1) is 18.0 Å². The van der Waals surface area contributed by atoms with E-state index in [0.29, 0.717) is 24.5 Å². The first-order chi connectivity index (χ1) is 18.4. The van der Waals surface area contributed by atoms with Crippen molar-refractivity contribution >= 4 is 15.9 Å². The van der Waals surface area contributed by atoms with Crippen molar-refractivity contribution in [1.82, 2.24) is 9.71 Å². The number of aromatic nitrogens is 1. The highest BCUT2D eigenvalue weighted by molar-refractivity contribution is 7.90. The number of aryl methyl sites for hydroxylation is 1. The lowest BCUT2D eigenvalue weighted by Crippen LogP contribution is -2.40. The zero-order chi connectivity index (χ0) is 27.9. The summed E-state index contributed by atoms with van der Waals surface area (Å²) in [5.41, 5.74) is 6.13. The van der Waals surface area contributed by atoms with Crippen LogP contribution in [0.4, 0.5) is 0 Å². The molecule has 1 amide bonds. The third-order valence-corrected chi connectivity index (χ3v) is 8.98. The molecule has 5 rings (SSSR count). The summed E-state index contributed by atoms with van der Waals surface area (Å²) in [7, 11) is -3.69. The van der Waals surface area contributed by atoms with Gasteiger partial charge in [0, 0.05) is 42.0 Å². The number of phenolic OH excluding ortho intramolecular Hbond substituents is 1. The van der Waals surface area contributed by atoms with Gasteiger partial charge in [0.15, 0.2) is 0 Å². The number of pyridine rings is 1. The average molecular weight is 551 g/mol. The quantitative estimate of drug-likeness (QED) is 0.400. The molecule has 1 aliphatic carbocycles. The molecule has 0 spiro atoms. The van der Waals surface area contributed by atoms with E-state index in [1.165, 1.54) is 11.1 Å². The van der Waals surface area contributed by atoms with Crippen molar-refractivity contribution in [2.45, 2.75) is 63.9 Å². The number of hydrogen-bond donors (Lipinski definition) is 3. The van der Waals surface area contributed by atoms with E-state index in [4.69, 9.17) is 4.74 Å². The molecule has 2 aliphatic rings. The number of fused-ring (bicyclic) bond motifs is 1. The van der Waals surface area contributed by atoms with Crippen LogP contribution in [0.15, 0.2) is 48.5 Å². The van der Waals surface area contributed by atoms with Crippen molar-refractivity contribution in [3.05, 3.63) is 76.5 Å². The molecule has 2 unspecified atom stereocenters. The predicted molar refractivity (Wildman–Crippen MR) is 148 cm³/mol. The Morgan fingerprint density at radius 3 is 2.59 bits per heavy atom. The lowest BCUT2D eigenvalue weighted by molar-refractivity contribution is -0.119. The van der Waals surface area contributed by atoms with Crippen LogP contribution in [0.2, 0.25) is 0 Å². The number of sulfonamides is 1. The van der Waals surface area contributed by atoms with Gasteiger partial charge in [-0.2, -0.15) is 0 Å². The molecule has 8 nitrogen and oxygen atoms in total. The van der Waals surface area contributed by atoms with Crippen LogP contribution in [0.25, 0.3) is 11.1 Å². The molecule has 1 aromatic heterocycles. The standard InChI is InChI=1S/C30H34N2O6S/c1-18-21(11-12-29(31-18)38-14-13-30(2,3)35)24-5-4-6-25-22(9-10-26(24)25)19-7-8-23(27(33)15-19)20-16-28(34)32-39(36,37)17-20/h4-8,11-12,15,20,22,33,35H,9-10,13-14,16-17H2,1-3H3,(H,32,34). The van der Waals surface area contributed by atoms with Crippen molar-refractivity contribution < 1.29 is 28.2 Å². The Hall–Kier alpha value is -3.43. The number of benzene rings is 2. The van der Waals surface area contributed by atoms with Crippen LogP contribution in [0, 0.1) is 6.92 Å². The minimum absolute atomic E-state index is 0.0206. The summed E-state index contributed by atoms with van der Waals surface area (Å²) in [4.78, 5) is 16.5. The zero-order valence-electron chi connectivity index (χ0n) is 22.4. The molecule has 1 saturated heterocycles. The third kappa shape index (κ3) is 5.94. The Kier molecular flexibility index (Phi) is 7.15. The van der Waals surface area contributed by atoms with Crippen LogP contribution >= 0.6 is 0 Å². The van der Waals surface area contributed by atoms with Crippen LogP contribution < -0.4 is 9.46 Å². The van der Waals surface area contributed by atoms with Crippen molar-refractivity contribution in [2.75, 3.05) is 12.4 Å². The monoisotopic (exact) mass is 550 g/mol. The maximum atomic E-state index is 12.0. The SMILES string of the molecule is Cc1nc(OCCC(C)(C)O)ccc1-c1cccc2c1CCC2c1ccc(C2CC(=O)NS(=O)(=O)C2)c(O)c1. The number of ether oxygens (including phenoxy) is 1. The molecular weight excluding hydrogens is 516 g/mol. The van der Waals surface area contributed by atoms with Crippen LogP contribution in [0.5, 0.6) is 11.6 Å². The third-order valence-electron chi connectivity index (χ3n) is 7.60. The van der Waals surface area contributed by atoms with E-state index in [9.17, 15) is 23.4 Å². The average Bonchev–Trinajstić information content (AvgIpc) is 3.26. The van der Waals surface area contributed by atoms with E-state index in [1.54, 1.807) is 26.0 Å². The zero-order valence-corrected chi connectivity index (χ0v) is 23.2. The molecule has 2 atom stereocenters. The predicted octanol–water partition coefficient (Wildman–Crippen LogP) is 4.31. The minimum Gasteiger partial charge on any atom is -0.508 e. The number of aromatic hydroxyl groups is 1. The Balaban J connectivity index is 1.38. The van der Waals surface area contributed by atoms with Crippen LogP contribution in [-0.4, -0.2) is 47.5 Å². The molecule has 1 fully saturated rings. The molecule has 2 heterocycles. The molecule has 0 radical (unpaired) electrons. The van der Waals surface area contributed by atoms with E-state index in [2.05, 4.69) is 17.1 Å². The van der Waals surface area contributed by atoms with Gasteiger partial charge in [-0.25, -0.2) is 13.4 Å². The lowest BCUT2D eigenvalue weighted by atomic mass is 9.88. The lowest BCUT2D eigenvalue weighted by Gasteiger charge is -2.24. The number of carbonyl (C=O) groups excluding carboxylic acids is 1. The number of hydrogen-bond acceptors (Lipinski definition) is 7. The fraction of sp³-hybridized carbons (Fsp3) is 0.400. The molecule has 1 aliphatic heterocycles. The number of aliphatic hydroxyl groups is 1. The van der Waals surface area contributed by atoms with Crippen LogP contribution in [0.3, 0.4) is 0 Å².